The summed E-state index contributed by atoms with van der Waals surface area (Å²) in [5, 5.41) is 19.8. The number of nitrogens with one attached hydrogen (secondary N) is 3. The molecule has 2 aromatic heterocycles. The molecule has 0 aliphatic carbocycles. The molecule has 17 heteroatoms. The Labute approximate surface area is 398 Å². The summed E-state index contributed by atoms with van der Waals surface area (Å²) >= 11 is 0. The molecule has 5 amide bonds. The Bertz CT molecular complexity index is 2580. The predicted molar refractivity (Wildman–Crippen MR) is 257 cm³/mol. The van der Waals surface area contributed by atoms with E-state index in [1.165, 1.54) is 9.91 Å². The number of carbonyl (C=O) groups is 5. The smallest absolute Gasteiger partial charge is 0.324 e. The summed E-state index contributed by atoms with van der Waals surface area (Å²) in [5.41, 5.74) is 9.54. The van der Waals surface area contributed by atoms with E-state index in [1.54, 1.807) is 49.3 Å². The minimum absolute atomic E-state index is 0.0109. The maximum atomic E-state index is 14.8. The number of ether oxygens (including phenoxy) is 2. The van der Waals surface area contributed by atoms with E-state index in [0.717, 1.165) is 44.5 Å². The molecule has 2 aromatic carbocycles. The van der Waals surface area contributed by atoms with Gasteiger partial charge >= 0.3 is 12.0 Å². The summed E-state index contributed by atoms with van der Waals surface area (Å²) in [6, 6.07) is 11.8. The van der Waals surface area contributed by atoms with Crippen LogP contribution in [0.15, 0.2) is 54.7 Å². The summed E-state index contributed by atoms with van der Waals surface area (Å²) in [4.78, 5) is 79.3. The topological polar surface area (TPSA) is 201 Å². The molecule has 3 fully saturated rings. The van der Waals surface area contributed by atoms with Crippen LogP contribution in [0.5, 0.6) is 5.75 Å². The average Bonchev–Trinajstić information content (AvgIpc) is 4.11. The standard InChI is InChI=1S/C51H67N9O8/c1-10-59-42-16-15-32-23-37(42)38(45(59)36-13-11-17-52-43(36)30(4)67-9)24-51(5,6)28-68-49(65)39-14-12-18-60(55-39)48(64)40(21-31-19-33(32)22-35(61)20-31)54-46(62)44(29(2)3)57(8)50(66)56(7)34-26-58(27-34)47(63)41-25-53-41/h11,13,15-17,19-20,22-23,29-30,34,39-41,44,53,55,61H,10,12,14,18,21,24-28H2,1-9H3,(H,54,62)/t30-,39-,40-,41+,44?/m0/s1. The number of pyridine rings is 1. The molecule has 68 heavy (non-hydrogen) atoms. The SMILES string of the molecule is CCn1c(-c2cccnc2[C@H](C)OC)c2c3cc(ccc31)-c1cc(O)cc(c1)C[C@H](NC(=O)C(C(C)C)N(C)C(=O)N(C)C1CN(C(=O)[C@H]3CN3)C1)C(=O)N1CCC[C@H](N1)C(=O)OCC(C)(C)C2. The third-order valence-electron chi connectivity index (χ3n) is 14.0. The molecule has 0 radical (unpaired) electrons. The van der Waals surface area contributed by atoms with Crippen molar-refractivity contribution in [2.24, 2.45) is 11.3 Å². The van der Waals surface area contributed by atoms with E-state index in [-0.39, 0.29) is 61.4 Å². The first-order valence-corrected chi connectivity index (χ1v) is 23.9. The van der Waals surface area contributed by atoms with Crippen LogP contribution in [0.1, 0.15) is 77.3 Å². The Morgan fingerprint density at radius 1 is 1.06 bits per heavy atom. The Kier molecular flexibility index (Phi) is 13.9. The van der Waals surface area contributed by atoms with Crippen molar-refractivity contribution in [2.75, 3.05) is 54.0 Å². The van der Waals surface area contributed by atoms with Crippen molar-refractivity contribution < 1.29 is 38.6 Å². The fraction of sp³-hybridized carbons (Fsp3) is 0.529. The van der Waals surface area contributed by atoms with Gasteiger partial charge in [-0.2, -0.15) is 0 Å². The second-order valence-corrected chi connectivity index (χ2v) is 20.1. The zero-order valence-electron chi connectivity index (χ0n) is 40.8. The molecule has 6 heterocycles. The maximum Gasteiger partial charge on any atom is 0.324 e. The molecule has 0 saturated carbocycles. The van der Waals surface area contributed by atoms with Crippen LogP contribution in [0.3, 0.4) is 0 Å². The van der Waals surface area contributed by atoms with Crippen molar-refractivity contribution in [3.63, 3.8) is 0 Å². The lowest BCUT2D eigenvalue weighted by molar-refractivity contribution is -0.155. The highest BCUT2D eigenvalue weighted by Gasteiger charge is 2.44. The molecule has 1 unspecified atom stereocenters. The Morgan fingerprint density at radius 2 is 1.81 bits per heavy atom. The monoisotopic (exact) mass is 934 g/mol. The maximum absolute atomic E-state index is 14.8. The number of aromatic hydroxyl groups is 1. The zero-order chi connectivity index (χ0) is 48.8. The Hall–Kier alpha value is -6.04. The highest BCUT2D eigenvalue weighted by molar-refractivity contribution is 5.96. The lowest BCUT2D eigenvalue weighted by Crippen LogP contribution is -2.65. The van der Waals surface area contributed by atoms with Crippen molar-refractivity contribution in [1.29, 1.82) is 0 Å². The van der Waals surface area contributed by atoms with Gasteiger partial charge in [-0.25, -0.2) is 10.2 Å². The molecule has 4 aromatic rings. The summed E-state index contributed by atoms with van der Waals surface area (Å²) in [5.74, 6) is -1.83. The van der Waals surface area contributed by atoms with Crippen LogP contribution >= 0.6 is 0 Å². The number of likely N-dealkylation sites (tertiary alicyclic amines) is 1. The van der Waals surface area contributed by atoms with Crippen molar-refractivity contribution in [2.45, 2.75) is 110 Å². The number of urea groups is 1. The van der Waals surface area contributed by atoms with Gasteiger partial charge in [0.1, 0.15) is 23.9 Å². The first-order valence-electron chi connectivity index (χ1n) is 23.9. The third kappa shape index (κ3) is 9.78. The minimum atomic E-state index is -1.17. The second kappa shape index (κ2) is 19.5. The summed E-state index contributed by atoms with van der Waals surface area (Å²) < 4.78 is 14.2. The number of cyclic esters (lactones) is 1. The molecule has 3 saturated heterocycles. The number of hydrogen-bond acceptors (Lipinski definition) is 11. The van der Waals surface area contributed by atoms with Gasteiger partial charge in [0.25, 0.3) is 5.91 Å². The number of fused-ring (bicyclic) bond motifs is 6. The number of hydrogen-bond donors (Lipinski definition) is 4. The minimum Gasteiger partial charge on any atom is -0.508 e. The number of benzene rings is 2. The number of rotatable bonds is 10. The highest BCUT2D eigenvalue weighted by Crippen LogP contribution is 2.42. The fourth-order valence-corrected chi connectivity index (χ4v) is 10.1. The number of likely N-dealkylation sites (N-methyl/N-ethyl adjacent to an activating group) is 2. The Balaban J connectivity index is 1.16. The van der Waals surface area contributed by atoms with Gasteiger partial charge < -0.3 is 44.5 Å². The Morgan fingerprint density at radius 3 is 2.50 bits per heavy atom. The number of carbonyl (C=O) groups excluding carboxylic acids is 5. The van der Waals surface area contributed by atoms with E-state index >= 15 is 0 Å². The molecule has 4 N–H and O–H groups in total. The van der Waals surface area contributed by atoms with E-state index in [4.69, 9.17) is 14.5 Å². The van der Waals surface area contributed by atoms with E-state index < -0.39 is 41.3 Å². The van der Waals surface area contributed by atoms with E-state index in [9.17, 15) is 29.1 Å². The first-order chi connectivity index (χ1) is 32.4. The molecule has 17 nitrogen and oxygen atoms in total. The van der Waals surface area contributed by atoms with E-state index in [1.807, 2.05) is 39.0 Å². The molecular weight excluding hydrogens is 867 g/mol. The van der Waals surface area contributed by atoms with Gasteiger partial charge in [0.2, 0.25) is 11.8 Å². The normalized spacial score (nSPS) is 21.6. The van der Waals surface area contributed by atoms with Gasteiger partial charge in [-0.15, -0.1) is 0 Å². The molecular formula is C51H67N9O8. The summed E-state index contributed by atoms with van der Waals surface area (Å²) in [6.45, 7) is 14.4. The van der Waals surface area contributed by atoms with Crippen LogP contribution in [0, 0.1) is 11.3 Å². The number of methoxy groups -OCH3 is 1. The third-order valence-corrected chi connectivity index (χ3v) is 14.0. The lowest BCUT2D eigenvalue weighted by Gasteiger charge is -2.45. The van der Waals surface area contributed by atoms with Crippen molar-refractivity contribution in [3.05, 3.63) is 71.5 Å². The number of aryl methyl sites for hydroxylation is 1. The van der Waals surface area contributed by atoms with Gasteiger partial charge in [-0.1, -0.05) is 39.8 Å². The van der Waals surface area contributed by atoms with Gasteiger partial charge in [0.15, 0.2) is 0 Å². The zero-order valence-corrected chi connectivity index (χ0v) is 40.8. The van der Waals surface area contributed by atoms with Crippen molar-refractivity contribution in [1.82, 2.24) is 45.3 Å². The number of amides is 5. The summed E-state index contributed by atoms with van der Waals surface area (Å²) in [6.07, 6.45) is 2.97. The van der Waals surface area contributed by atoms with Crippen LogP contribution in [0.2, 0.25) is 0 Å². The molecule has 4 aliphatic rings. The molecule has 4 aliphatic heterocycles. The molecule has 5 atom stereocenters. The quantitative estimate of drug-likeness (QED) is 0.128. The predicted octanol–water partition coefficient (Wildman–Crippen LogP) is 4.64. The van der Waals surface area contributed by atoms with Gasteiger partial charge in [0.05, 0.1) is 36.2 Å². The van der Waals surface area contributed by atoms with Crippen LogP contribution in [-0.2, 0) is 48.0 Å². The summed E-state index contributed by atoms with van der Waals surface area (Å²) in [7, 11) is 4.92. The average molecular weight is 934 g/mol. The van der Waals surface area contributed by atoms with Gasteiger partial charge in [-0.05, 0) is 97.7 Å². The molecule has 364 valence electrons. The van der Waals surface area contributed by atoms with Crippen LogP contribution in [0.4, 0.5) is 4.79 Å². The molecule has 6 bridgehead atoms. The van der Waals surface area contributed by atoms with E-state index in [2.05, 4.69) is 59.6 Å². The molecule has 0 spiro atoms. The van der Waals surface area contributed by atoms with Gasteiger partial charge in [-0.3, -0.25) is 29.2 Å². The lowest BCUT2D eigenvalue weighted by atomic mass is 9.84. The van der Waals surface area contributed by atoms with Crippen LogP contribution in [0.25, 0.3) is 33.3 Å². The van der Waals surface area contributed by atoms with Crippen LogP contribution in [-0.4, -0.2) is 148 Å². The second-order valence-electron chi connectivity index (χ2n) is 20.1. The van der Waals surface area contributed by atoms with Crippen molar-refractivity contribution >= 4 is 40.6 Å². The van der Waals surface area contributed by atoms with E-state index in [0.29, 0.717) is 51.0 Å². The number of esters is 1. The number of hydrazine groups is 1. The fourth-order valence-electron chi connectivity index (χ4n) is 10.1. The highest BCUT2D eigenvalue weighted by atomic mass is 16.5. The largest absolute Gasteiger partial charge is 0.508 e. The number of nitrogens with zero attached hydrogens (tertiary/aromatic N) is 6. The van der Waals surface area contributed by atoms with Crippen molar-refractivity contribution in [3.8, 4) is 28.1 Å². The number of phenolic OH excluding ortho intramolecular Hbond substituents is 1. The molecule has 8 rings (SSSR count). The van der Waals surface area contributed by atoms with Gasteiger partial charge in [0, 0.05) is 88.4 Å². The van der Waals surface area contributed by atoms with Crippen LogP contribution < -0.4 is 16.1 Å². The first kappa shape index (κ1) is 48.4. The number of aromatic nitrogens is 2. The number of phenols is 1.